The van der Waals surface area contributed by atoms with Gasteiger partial charge in [0.15, 0.2) is 5.69 Å². The van der Waals surface area contributed by atoms with Crippen LogP contribution in [0, 0.1) is 5.82 Å². The Kier molecular flexibility index (Phi) is 5.57. The van der Waals surface area contributed by atoms with Gasteiger partial charge in [0.25, 0.3) is 5.91 Å². The molecule has 172 valence electrons. The number of benzene rings is 1. The lowest BCUT2D eigenvalue weighted by Crippen LogP contribution is -2.37. The van der Waals surface area contributed by atoms with Crippen LogP contribution in [0.1, 0.15) is 34.4 Å². The third-order valence-corrected chi connectivity index (χ3v) is 5.51. The molecular weight excluding hydrogens is 487 g/mol. The third kappa shape index (κ3) is 4.25. The summed E-state index contributed by atoms with van der Waals surface area (Å²) in [5.41, 5.74) is 2.94. The highest BCUT2D eigenvalue weighted by Gasteiger charge is 2.42. The van der Waals surface area contributed by atoms with E-state index in [1.165, 1.54) is 31.3 Å². The van der Waals surface area contributed by atoms with Gasteiger partial charge in [-0.05, 0) is 37.3 Å². The van der Waals surface area contributed by atoms with Crippen LogP contribution in [0.5, 0.6) is 0 Å². The Labute approximate surface area is 194 Å². The molecule has 1 aliphatic heterocycles. The zero-order chi connectivity index (χ0) is 24.1. The first-order chi connectivity index (χ1) is 15.4. The van der Waals surface area contributed by atoms with Crippen molar-refractivity contribution in [1.82, 2.24) is 14.8 Å². The van der Waals surface area contributed by atoms with Gasteiger partial charge in [-0.3, -0.25) is 14.5 Å². The van der Waals surface area contributed by atoms with Crippen molar-refractivity contribution in [2.75, 3.05) is 5.32 Å². The van der Waals surface area contributed by atoms with Gasteiger partial charge in [-0.1, -0.05) is 23.2 Å². The van der Waals surface area contributed by atoms with Crippen LogP contribution in [0.4, 0.5) is 23.2 Å². The summed E-state index contributed by atoms with van der Waals surface area (Å²) in [6.07, 6.45) is -3.47. The number of nitrogens with one attached hydrogen (secondary N) is 1. The number of pyridine rings is 1. The quantitative estimate of drug-likeness (QED) is 0.512. The van der Waals surface area contributed by atoms with E-state index in [1.807, 2.05) is 0 Å². The lowest BCUT2D eigenvalue weighted by atomic mass is 9.87. The molecule has 0 radical (unpaired) electrons. The number of nitrogens with two attached hydrogens (primary N) is 1. The molecule has 2 aromatic heterocycles. The van der Waals surface area contributed by atoms with Crippen molar-refractivity contribution < 1.29 is 22.4 Å². The van der Waals surface area contributed by atoms with E-state index in [4.69, 9.17) is 28.9 Å². The molecule has 0 saturated carbocycles. The van der Waals surface area contributed by atoms with Crippen LogP contribution < -0.4 is 11.1 Å². The van der Waals surface area contributed by atoms with Crippen LogP contribution in [-0.2, 0) is 18.3 Å². The number of hydrogen-bond acceptors (Lipinski definition) is 5. The second kappa shape index (κ2) is 7.99. The normalized spacial score (nSPS) is 18.0. The molecule has 0 bridgehead atoms. The molecule has 3 N–H and O–H groups in total. The minimum absolute atomic E-state index is 0.00235. The molecule has 0 aliphatic carbocycles. The van der Waals surface area contributed by atoms with Crippen LogP contribution >= 0.6 is 23.2 Å². The van der Waals surface area contributed by atoms with Crippen LogP contribution in [0.2, 0.25) is 10.0 Å². The zero-order valence-electron chi connectivity index (χ0n) is 16.7. The van der Waals surface area contributed by atoms with Gasteiger partial charge in [-0.2, -0.15) is 18.3 Å². The van der Waals surface area contributed by atoms with Crippen LogP contribution in [-0.4, -0.2) is 26.5 Å². The number of anilines is 1. The number of nitrogens with zero attached hydrogens (tertiary/aromatic N) is 4. The van der Waals surface area contributed by atoms with Crippen LogP contribution in [0.15, 0.2) is 41.5 Å². The van der Waals surface area contributed by atoms with Gasteiger partial charge in [0.2, 0.25) is 0 Å². The molecule has 4 rings (SSSR count). The van der Waals surface area contributed by atoms with Gasteiger partial charge in [0.1, 0.15) is 22.9 Å². The standard InChI is InChI=1S/C20H14Cl2F4N6O/c1-19(15-6-14(20(24,25)26)31-32(15)8-16(27)30-19)11-5-10(2-3-13(11)23)29-18(33)17-12(22)4-9(21)7-28-17/h2-7H,8H2,1H3,(H2,27,30)(H,29,33)/t19-/m0/s1. The molecule has 3 heterocycles. The van der Waals surface area contributed by atoms with Gasteiger partial charge in [-0.15, -0.1) is 0 Å². The number of rotatable bonds is 3. The topological polar surface area (TPSA) is 98.2 Å². The van der Waals surface area contributed by atoms with Crippen LogP contribution in [0.3, 0.4) is 0 Å². The van der Waals surface area contributed by atoms with Crippen molar-refractivity contribution >= 4 is 40.6 Å². The SMILES string of the molecule is C[C@@]1(c2cc(NC(=O)c3ncc(Cl)cc3Cl)ccc2F)N=C(N)Cn2nc(C(F)(F)F)cc21. The van der Waals surface area contributed by atoms with Crippen molar-refractivity contribution in [3.8, 4) is 0 Å². The van der Waals surface area contributed by atoms with E-state index in [1.54, 1.807) is 0 Å². The number of halogens is 6. The second-order valence-corrected chi connectivity index (χ2v) is 8.22. The van der Waals surface area contributed by atoms with E-state index >= 15 is 0 Å². The smallest absolute Gasteiger partial charge is 0.386 e. The molecule has 0 fully saturated rings. The number of alkyl halides is 3. The van der Waals surface area contributed by atoms with Gasteiger partial charge >= 0.3 is 6.18 Å². The summed E-state index contributed by atoms with van der Waals surface area (Å²) in [6.45, 7) is 1.23. The first-order valence-corrected chi connectivity index (χ1v) is 10.1. The first kappa shape index (κ1) is 23.0. The summed E-state index contributed by atoms with van der Waals surface area (Å²) in [6, 6.07) is 5.72. The summed E-state index contributed by atoms with van der Waals surface area (Å²) in [5, 5.41) is 6.32. The fourth-order valence-electron chi connectivity index (χ4n) is 3.55. The van der Waals surface area contributed by atoms with E-state index in [2.05, 4.69) is 20.4 Å². The maximum atomic E-state index is 14.9. The Hall–Kier alpha value is -3.18. The first-order valence-electron chi connectivity index (χ1n) is 9.30. The monoisotopic (exact) mass is 500 g/mol. The molecule has 1 atom stereocenters. The molecule has 3 aromatic rings. The molecule has 0 spiro atoms. The van der Waals surface area contributed by atoms with Crippen molar-refractivity contribution in [3.63, 3.8) is 0 Å². The molecule has 0 saturated heterocycles. The van der Waals surface area contributed by atoms with Gasteiger partial charge in [0.05, 0.1) is 22.3 Å². The largest absolute Gasteiger partial charge is 0.435 e. The van der Waals surface area contributed by atoms with Gasteiger partial charge in [0, 0.05) is 17.4 Å². The predicted octanol–water partition coefficient (Wildman–Crippen LogP) is 4.63. The molecule has 33 heavy (non-hydrogen) atoms. The highest BCUT2D eigenvalue weighted by molar-refractivity contribution is 6.36. The second-order valence-electron chi connectivity index (χ2n) is 7.38. The number of amides is 1. The average molecular weight is 501 g/mol. The molecule has 1 amide bonds. The lowest BCUT2D eigenvalue weighted by Gasteiger charge is -2.31. The predicted molar refractivity (Wildman–Crippen MR) is 114 cm³/mol. The summed E-state index contributed by atoms with van der Waals surface area (Å²) in [5.74, 6) is -1.50. The Balaban J connectivity index is 1.75. The van der Waals surface area contributed by atoms with E-state index in [9.17, 15) is 22.4 Å². The van der Waals surface area contributed by atoms with E-state index in [0.29, 0.717) is 0 Å². The zero-order valence-corrected chi connectivity index (χ0v) is 18.2. The molecule has 7 nitrogen and oxygen atoms in total. The Morgan fingerprint density at radius 1 is 1.24 bits per heavy atom. The summed E-state index contributed by atoms with van der Waals surface area (Å²) < 4.78 is 55.7. The average Bonchev–Trinajstić information content (AvgIpc) is 3.14. The summed E-state index contributed by atoms with van der Waals surface area (Å²) >= 11 is 11.8. The third-order valence-electron chi connectivity index (χ3n) is 5.02. The highest BCUT2D eigenvalue weighted by atomic mass is 35.5. The Bertz CT molecular complexity index is 1310. The van der Waals surface area contributed by atoms with Crippen molar-refractivity contribution in [2.24, 2.45) is 10.7 Å². The number of carbonyl (C=O) groups is 1. The number of hydrogen-bond donors (Lipinski definition) is 2. The van der Waals surface area contributed by atoms with E-state index in [-0.39, 0.29) is 45.1 Å². The van der Waals surface area contributed by atoms with Gasteiger partial charge in [-0.25, -0.2) is 9.37 Å². The Morgan fingerprint density at radius 3 is 2.64 bits per heavy atom. The summed E-state index contributed by atoms with van der Waals surface area (Å²) in [4.78, 5) is 20.7. The Morgan fingerprint density at radius 2 is 1.97 bits per heavy atom. The number of aromatic nitrogens is 3. The number of aliphatic imine (C=N–C) groups is 1. The molecule has 0 unspecified atom stereocenters. The van der Waals surface area contributed by atoms with Crippen molar-refractivity contribution in [3.05, 3.63) is 75.0 Å². The molecule has 1 aliphatic rings. The molecule has 1 aromatic carbocycles. The molecule has 13 heteroatoms. The summed E-state index contributed by atoms with van der Waals surface area (Å²) in [7, 11) is 0. The fourth-order valence-corrected chi connectivity index (χ4v) is 4.01. The minimum Gasteiger partial charge on any atom is -0.386 e. The molecular formula is C20H14Cl2F4N6O. The van der Waals surface area contributed by atoms with E-state index < -0.39 is 29.1 Å². The fraction of sp³-hybridized carbons (Fsp3) is 0.200. The highest BCUT2D eigenvalue weighted by Crippen LogP contribution is 2.41. The minimum atomic E-state index is -4.71. The van der Waals surface area contributed by atoms with Gasteiger partial charge < -0.3 is 11.1 Å². The van der Waals surface area contributed by atoms with Crippen molar-refractivity contribution in [2.45, 2.75) is 25.2 Å². The van der Waals surface area contributed by atoms with E-state index in [0.717, 1.165) is 16.8 Å². The van der Waals surface area contributed by atoms with Crippen LogP contribution in [0.25, 0.3) is 0 Å². The number of carbonyl (C=O) groups excluding carboxylic acids is 1. The number of fused-ring (bicyclic) bond motifs is 1. The lowest BCUT2D eigenvalue weighted by molar-refractivity contribution is -0.141. The maximum Gasteiger partial charge on any atom is 0.435 e. The maximum absolute atomic E-state index is 14.9. The number of amidine groups is 1. The van der Waals surface area contributed by atoms with Crippen molar-refractivity contribution in [1.29, 1.82) is 0 Å².